The monoisotopic (exact) mass is 445 g/mol. The van der Waals surface area contributed by atoms with Crippen molar-refractivity contribution in [3.8, 4) is 5.75 Å². The van der Waals surface area contributed by atoms with Gasteiger partial charge in [-0.3, -0.25) is 4.79 Å². The minimum absolute atomic E-state index is 0.245. The van der Waals surface area contributed by atoms with Gasteiger partial charge in [-0.25, -0.2) is 4.79 Å². The van der Waals surface area contributed by atoms with Crippen molar-refractivity contribution in [1.82, 2.24) is 0 Å². The highest BCUT2D eigenvalue weighted by Crippen LogP contribution is 2.34. The second-order valence-electron chi connectivity index (χ2n) is 5.43. The maximum Gasteiger partial charge on any atom is 0.418 e. The number of methoxy groups -OCH3 is 1. The van der Waals surface area contributed by atoms with Gasteiger partial charge >= 0.3 is 12.1 Å². The van der Waals surface area contributed by atoms with Crippen LogP contribution in [0.25, 0.3) is 0 Å². The third kappa shape index (κ3) is 5.22. The van der Waals surface area contributed by atoms with Crippen LogP contribution in [0.5, 0.6) is 5.75 Å². The molecule has 27 heavy (non-hydrogen) atoms. The van der Waals surface area contributed by atoms with Crippen LogP contribution in [0, 0.1) is 0 Å². The van der Waals surface area contributed by atoms with Gasteiger partial charge in [-0.15, -0.1) is 0 Å². The highest BCUT2D eigenvalue weighted by molar-refractivity contribution is 9.10. The van der Waals surface area contributed by atoms with Crippen molar-refractivity contribution in [2.24, 2.45) is 0 Å². The number of amides is 1. The molecule has 5 nitrogen and oxygen atoms in total. The largest absolute Gasteiger partial charge is 0.480 e. The summed E-state index contributed by atoms with van der Waals surface area (Å²) in [5.41, 5.74) is -1.03. The van der Waals surface area contributed by atoms with E-state index in [1.54, 1.807) is 0 Å². The Morgan fingerprint density at radius 3 is 2.41 bits per heavy atom. The number of alkyl halides is 3. The molecule has 1 N–H and O–H groups in total. The van der Waals surface area contributed by atoms with Gasteiger partial charge in [-0.05, 0) is 53.2 Å². The summed E-state index contributed by atoms with van der Waals surface area (Å²) in [5, 5.41) is 2.22. The first-order valence-electron chi connectivity index (χ1n) is 7.65. The third-order valence-electron chi connectivity index (χ3n) is 3.52. The Morgan fingerprint density at radius 2 is 1.81 bits per heavy atom. The van der Waals surface area contributed by atoms with E-state index in [1.807, 2.05) is 0 Å². The Morgan fingerprint density at radius 1 is 1.15 bits per heavy atom. The normalized spacial score (nSPS) is 12.2. The molecule has 0 aliphatic heterocycles. The number of esters is 1. The number of halogens is 4. The molecule has 0 spiro atoms. The van der Waals surface area contributed by atoms with Crippen molar-refractivity contribution < 1.29 is 32.2 Å². The van der Waals surface area contributed by atoms with Crippen molar-refractivity contribution in [3.05, 3.63) is 58.1 Å². The highest BCUT2D eigenvalue weighted by atomic mass is 79.9. The lowest BCUT2D eigenvalue weighted by Crippen LogP contribution is -2.31. The zero-order valence-corrected chi connectivity index (χ0v) is 15.8. The van der Waals surface area contributed by atoms with E-state index in [9.17, 15) is 22.8 Å². The van der Waals surface area contributed by atoms with Crippen LogP contribution in [0.15, 0.2) is 46.9 Å². The topological polar surface area (TPSA) is 64.6 Å². The second kappa shape index (κ2) is 8.43. The summed E-state index contributed by atoms with van der Waals surface area (Å²) in [6.07, 6.45) is -5.69. The average Bonchev–Trinajstić information content (AvgIpc) is 2.62. The molecule has 0 aromatic heterocycles. The molecule has 0 aliphatic carbocycles. The smallest absolute Gasteiger partial charge is 0.418 e. The minimum atomic E-state index is -4.60. The Balaban J connectivity index is 2.12. The standard InChI is InChI=1S/C18H15BrF3NO4/c1-10(27-15-8-7-11(9-13(15)19)17(25)26-2)16(24)23-14-6-4-3-5-12(14)18(20,21)22/h3-10H,1-2H3,(H,23,24). The lowest BCUT2D eigenvalue weighted by atomic mass is 10.1. The van der Waals surface area contributed by atoms with Gasteiger partial charge in [-0.2, -0.15) is 13.2 Å². The van der Waals surface area contributed by atoms with Crippen LogP contribution in [-0.4, -0.2) is 25.1 Å². The van der Waals surface area contributed by atoms with Crippen molar-refractivity contribution in [2.45, 2.75) is 19.2 Å². The predicted octanol–water partition coefficient (Wildman–Crippen LogP) is 4.66. The molecule has 144 valence electrons. The summed E-state index contributed by atoms with van der Waals surface area (Å²) in [5.74, 6) is -1.05. The Labute approximate surface area is 161 Å². The van der Waals surface area contributed by atoms with Gasteiger partial charge < -0.3 is 14.8 Å². The molecule has 0 bridgehead atoms. The number of rotatable bonds is 5. The van der Waals surface area contributed by atoms with E-state index < -0.39 is 29.7 Å². The number of carbonyl (C=O) groups excluding carboxylic acids is 2. The number of hydrogen-bond acceptors (Lipinski definition) is 4. The number of nitrogens with one attached hydrogen (secondary N) is 1. The maximum atomic E-state index is 13.0. The average molecular weight is 446 g/mol. The Hall–Kier alpha value is -2.55. The van der Waals surface area contributed by atoms with Gasteiger partial charge in [0.1, 0.15) is 5.75 Å². The second-order valence-corrected chi connectivity index (χ2v) is 6.28. The summed E-state index contributed by atoms with van der Waals surface area (Å²) in [4.78, 5) is 23.7. The Bertz CT molecular complexity index is 855. The molecule has 2 aromatic carbocycles. The molecule has 0 saturated heterocycles. The van der Waals surface area contributed by atoms with Crippen molar-refractivity contribution in [3.63, 3.8) is 0 Å². The van der Waals surface area contributed by atoms with E-state index >= 15 is 0 Å². The molecular formula is C18H15BrF3NO4. The summed E-state index contributed by atoms with van der Waals surface area (Å²) in [6.45, 7) is 1.40. The fourth-order valence-corrected chi connectivity index (χ4v) is 2.63. The van der Waals surface area contributed by atoms with Crippen molar-refractivity contribution >= 4 is 33.5 Å². The van der Waals surface area contributed by atoms with E-state index in [0.29, 0.717) is 4.47 Å². The van der Waals surface area contributed by atoms with Crippen LogP contribution >= 0.6 is 15.9 Å². The molecule has 0 radical (unpaired) electrons. The maximum absolute atomic E-state index is 13.0. The molecule has 9 heteroatoms. The highest BCUT2D eigenvalue weighted by Gasteiger charge is 2.34. The number of hydrogen-bond donors (Lipinski definition) is 1. The number of carbonyl (C=O) groups is 2. The number of benzene rings is 2. The molecule has 0 fully saturated rings. The van der Waals surface area contributed by atoms with Gasteiger partial charge in [-0.1, -0.05) is 12.1 Å². The zero-order valence-electron chi connectivity index (χ0n) is 14.3. The van der Waals surface area contributed by atoms with Crippen LogP contribution < -0.4 is 10.1 Å². The summed E-state index contributed by atoms with van der Waals surface area (Å²) in [6, 6.07) is 9.00. The first kappa shape index (κ1) is 20.8. The predicted molar refractivity (Wildman–Crippen MR) is 95.6 cm³/mol. The zero-order chi connectivity index (χ0) is 20.2. The molecular weight excluding hydrogens is 431 g/mol. The van der Waals surface area contributed by atoms with Gasteiger partial charge in [0, 0.05) is 0 Å². The summed E-state index contributed by atoms with van der Waals surface area (Å²) in [7, 11) is 1.24. The lowest BCUT2D eigenvalue weighted by Gasteiger charge is -2.18. The SMILES string of the molecule is COC(=O)c1ccc(OC(C)C(=O)Nc2ccccc2C(F)(F)F)c(Br)c1. The van der Waals surface area contributed by atoms with Crippen LogP contribution in [0.3, 0.4) is 0 Å². The van der Waals surface area contributed by atoms with E-state index in [4.69, 9.17) is 4.74 Å². The Kier molecular flexibility index (Phi) is 6.48. The fraction of sp³-hybridized carbons (Fsp3) is 0.222. The van der Waals surface area contributed by atoms with Crippen LogP contribution in [0.1, 0.15) is 22.8 Å². The van der Waals surface area contributed by atoms with E-state index in [2.05, 4.69) is 26.0 Å². The quantitative estimate of drug-likeness (QED) is 0.679. The van der Waals surface area contributed by atoms with Crippen LogP contribution in [0.4, 0.5) is 18.9 Å². The van der Waals surface area contributed by atoms with E-state index in [-0.39, 0.29) is 17.0 Å². The first-order valence-corrected chi connectivity index (χ1v) is 8.44. The van der Waals surface area contributed by atoms with Gasteiger partial charge in [0.2, 0.25) is 0 Å². The van der Waals surface area contributed by atoms with Gasteiger partial charge in [0.15, 0.2) is 6.10 Å². The number of ether oxygens (including phenoxy) is 2. The minimum Gasteiger partial charge on any atom is -0.480 e. The van der Waals surface area contributed by atoms with Crippen LogP contribution in [-0.2, 0) is 15.7 Å². The lowest BCUT2D eigenvalue weighted by molar-refractivity contribution is -0.137. The van der Waals surface area contributed by atoms with Gasteiger partial charge in [0.05, 0.1) is 28.4 Å². The van der Waals surface area contributed by atoms with Crippen molar-refractivity contribution in [2.75, 3.05) is 12.4 Å². The fourth-order valence-electron chi connectivity index (χ4n) is 2.16. The third-order valence-corrected chi connectivity index (χ3v) is 4.14. The van der Waals surface area contributed by atoms with E-state index in [1.165, 1.54) is 44.4 Å². The van der Waals surface area contributed by atoms with Crippen molar-refractivity contribution in [1.29, 1.82) is 0 Å². The first-order chi connectivity index (χ1) is 12.6. The van der Waals surface area contributed by atoms with E-state index in [0.717, 1.165) is 12.1 Å². The van der Waals surface area contributed by atoms with Crippen LogP contribution in [0.2, 0.25) is 0 Å². The molecule has 2 aromatic rings. The molecule has 0 aliphatic rings. The number of anilines is 1. The molecule has 1 amide bonds. The summed E-state index contributed by atoms with van der Waals surface area (Å²) >= 11 is 3.21. The molecule has 2 rings (SSSR count). The molecule has 1 unspecified atom stereocenters. The molecule has 0 heterocycles. The number of para-hydroxylation sites is 1. The van der Waals surface area contributed by atoms with Gasteiger partial charge in [0.25, 0.3) is 5.91 Å². The molecule has 1 atom stereocenters. The summed E-state index contributed by atoms with van der Waals surface area (Å²) < 4.78 is 49.5. The molecule has 0 saturated carbocycles.